The first kappa shape index (κ1) is 23.8. The number of nitrogens with one attached hydrogen (secondary N) is 3. The Morgan fingerprint density at radius 2 is 1.38 bits per heavy atom. The molecule has 0 heterocycles. The van der Waals surface area contributed by atoms with Crippen LogP contribution in [0.5, 0.6) is 5.75 Å². The van der Waals surface area contributed by atoms with E-state index in [-0.39, 0.29) is 36.9 Å². The summed E-state index contributed by atoms with van der Waals surface area (Å²) in [5, 5.41) is 9.83. The molecule has 0 unspecified atom stereocenters. The van der Waals surface area contributed by atoms with Gasteiger partial charge in [0, 0.05) is 12.1 Å². The summed E-state index contributed by atoms with van der Waals surface area (Å²) in [6.45, 7) is -0.0110. The van der Waals surface area contributed by atoms with Crippen LogP contribution in [0.15, 0.2) is 29.4 Å². The first-order valence-electron chi connectivity index (χ1n) is 11.7. The highest BCUT2D eigenvalue weighted by atomic mass is 16.5. The van der Waals surface area contributed by atoms with Crippen molar-refractivity contribution in [2.75, 3.05) is 6.61 Å². The number of carbonyl (C=O) groups excluding carboxylic acids is 3. The van der Waals surface area contributed by atoms with Crippen LogP contribution in [-0.2, 0) is 14.4 Å². The summed E-state index contributed by atoms with van der Waals surface area (Å²) in [5.41, 5.74) is 3.14. The van der Waals surface area contributed by atoms with Crippen molar-refractivity contribution in [3.63, 3.8) is 0 Å². The Bertz CT molecular complexity index is 782. The van der Waals surface area contributed by atoms with Gasteiger partial charge in [-0.15, -0.1) is 0 Å². The summed E-state index contributed by atoms with van der Waals surface area (Å²) in [4.78, 5) is 35.9. The van der Waals surface area contributed by atoms with Gasteiger partial charge in [-0.3, -0.25) is 14.4 Å². The minimum atomic E-state index is -0.446. The highest BCUT2D eigenvalue weighted by Crippen LogP contribution is 2.18. The van der Waals surface area contributed by atoms with Crippen LogP contribution < -0.4 is 20.8 Å². The van der Waals surface area contributed by atoms with E-state index < -0.39 is 5.91 Å². The quantitative estimate of drug-likeness (QED) is 0.310. The number of hydrogen-bond acceptors (Lipinski definition) is 5. The van der Waals surface area contributed by atoms with Crippen LogP contribution in [0.2, 0.25) is 0 Å². The maximum atomic E-state index is 12.0. The fourth-order valence-electron chi connectivity index (χ4n) is 4.21. The van der Waals surface area contributed by atoms with Crippen LogP contribution in [-0.4, -0.2) is 42.6 Å². The van der Waals surface area contributed by atoms with Crippen LogP contribution >= 0.6 is 0 Å². The minimum absolute atomic E-state index is 0.0110. The lowest BCUT2D eigenvalue weighted by Gasteiger charge is -2.22. The number of hydrazone groups is 1. The van der Waals surface area contributed by atoms with Gasteiger partial charge >= 0.3 is 0 Å². The maximum absolute atomic E-state index is 12.0. The van der Waals surface area contributed by atoms with E-state index in [1.807, 2.05) is 0 Å². The average molecular weight is 443 g/mol. The third kappa shape index (κ3) is 8.69. The molecular formula is C24H34N4O4. The van der Waals surface area contributed by atoms with Crippen molar-refractivity contribution >= 4 is 23.9 Å². The van der Waals surface area contributed by atoms with Crippen molar-refractivity contribution in [1.82, 2.24) is 16.1 Å². The Labute approximate surface area is 189 Å². The molecule has 0 spiro atoms. The van der Waals surface area contributed by atoms with Gasteiger partial charge in [0.05, 0.1) is 6.21 Å². The Morgan fingerprint density at radius 1 is 0.812 bits per heavy atom. The van der Waals surface area contributed by atoms with Crippen LogP contribution in [0.25, 0.3) is 0 Å². The predicted molar refractivity (Wildman–Crippen MR) is 122 cm³/mol. The summed E-state index contributed by atoms with van der Waals surface area (Å²) >= 11 is 0. The largest absolute Gasteiger partial charge is 0.484 e. The number of amides is 3. The zero-order chi connectivity index (χ0) is 22.6. The number of nitrogens with zero attached hydrogens (tertiary/aromatic N) is 1. The molecule has 1 aromatic carbocycles. The number of benzene rings is 1. The minimum Gasteiger partial charge on any atom is -0.484 e. The third-order valence-corrected chi connectivity index (χ3v) is 5.91. The van der Waals surface area contributed by atoms with E-state index in [2.05, 4.69) is 21.2 Å². The molecule has 0 bridgehead atoms. The summed E-state index contributed by atoms with van der Waals surface area (Å²) in [6, 6.07) is 7.50. The molecule has 3 N–H and O–H groups in total. The van der Waals surface area contributed by atoms with E-state index in [1.165, 1.54) is 31.9 Å². The Morgan fingerprint density at radius 3 is 1.97 bits per heavy atom. The van der Waals surface area contributed by atoms with Gasteiger partial charge in [0.2, 0.25) is 11.8 Å². The van der Waals surface area contributed by atoms with Crippen LogP contribution in [0.3, 0.4) is 0 Å². The van der Waals surface area contributed by atoms with Crippen LogP contribution in [0, 0.1) is 0 Å². The lowest BCUT2D eigenvalue weighted by Crippen LogP contribution is -2.38. The van der Waals surface area contributed by atoms with Crippen molar-refractivity contribution in [2.45, 2.75) is 82.7 Å². The molecule has 1 aromatic rings. The highest BCUT2D eigenvalue weighted by Gasteiger charge is 2.17. The van der Waals surface area contributed by atoms with E-state index in [0.717, 1.165) is 44.1 Å². The first-order valence-corrected chi connectivity index (χ1v) is 11.7. The van der Waals surface area contributed by atoms with Gasteiger partial charge in [0.1, 0.15) is 12.2 Å². The normalized spacial score (nSPS) is 17.6. The molecule has 0 aromatic heterocycles. The molecule has 3 amide bonds. The molecular weight excluding hydrogens is 408 g/mol. The monoisotopic (exact) mass is 442 g/mol. The molecule has 0 saturated heterocycles. The van der Waals surface area contributed by atoms with Crippen LogP contribution in [0.1, 0.15) is 76.2 Å². The summed E-state index contributed by atoms with van der Waals surface area (Å²) in [6.07, 6.45) is 12.4. The molecule has 2 aliphatic carbocycles. The SMILES string of the molecule is O=C(CC(=O)NC1CCCCC1)N/N=C\c1ccc(OCC(=O)NC2CCCCC2)cc1. The molecule has 0 aliphatic heterocycles. The van der Waals surface area contributed by atoms with Crippen molar-refractivity contribution in [1.29, 1.82) is 0 Å². The zero-order valence-corrected chi connectivity index (χ0v) is 18.6. The topological polar surface area (TPSA) is 109 Å². The van der Waals surface area contributed by atoms with E-state index in [9.17, 15) is 14.4 Å². The van der Waals surface area contributed by atoms with E-state index in [0.29, 0.717) is 5.75 Å². The second-order valence-electron chi connectivity index (χ2n) is 8.63. The fraction of sp³-hybridized carbons (Fsp3) is 0.583. The van der Waals surface area contributed by atoms with E-state index in [4.69, 9.17) is 4.74 Å². The Balaban J connectivity index is 1.33. The van der Waals surface area contributed by atoms with Gasteiger partial charge in [-0.2, -0.15) is 5.10 Å². The second kappa shape index (κ2) is 12.8. The summed E-state index contributed by atoms with van der Waals surface area (Å²) in [7, 11) is 0. The van der Waals surface area contributed by atoms with Gasteiger partial charge in [-0.05, 0) is 55.5 Å². The molecule has 3 rings (SSSR count). The number of ether oxygens (including phenoxy) is 1. The molecule has 2 fully saturated rings. The summed E-state index contributed by atoms with van der Waals surface area (Å²) in [5.74, 6) is -0.223. The van der Waals surface area contributed by atoms with Gasteiger partial charge in [-0.1, -0.05) is 38.5 Å². The van der Waals surface area contributed by atoms with Gasteiger partial charge in [-0.25, -0.2) is 5.43 Å². The second-order valence-corrected chi connectivity index (χ2v) is 8.63. The lowest BCUT2D eigenvalue weighted by atomic mass is 9.95. The predicted octanol–water partition coefficient (Wildman–Crippen LogP) is 2.80. The van der Waals surface area contributed by atoms with E-state index >= 15 is 0 Å². The fourth-order valence-corrected chi connectivity index (χ4v) is 4.21. The Kier molecular flexibility index (Phi) is 9.53. The Hall–Kier alpha value is -2.90. The molecule has 174 valence electrons. The molecule has 8 heteroatoms. The van der Waals surface area contributed by atoms with Crippen molar-refractivity contribution in [3.8, 4) is 5.75 Å². The van der Waals surface area contributed by atoms with Crippen LogP contribution in [0.4, 0.5) is 0 Å². The third-order valence-electron chi connectivity index (χ3n) is 5.91. The molecule has 0 radical (unpaired) electrons. The zero-order valence-electron chi connectivity index (χ0n) is 18.6. The molecule has 2 aliphatic rings. The van der Waals surface area contributed by atoms with Gasteiger partial charge in [0.15, 0.2) is 6.61 Å². The van der Waals surface area contributed by atoms with Crippen molar-refractivity contribution in [2.24, 2.45) is 5.10 Å². The van der Waals surface area contributed by atoms with Crippen molar-refractivity contribution in [3.05, 3.63) is 29.8 Å². The standard InChI is InChI=1S/C24H34N4O4/c29-22(26-19-7-3-1-4-8-19)15-23(30)28-25-16-18-11-13-21(14-12-18)32-17-24(31)27-20-9-5-2-6-10-20/h11-14,16,19-20H,1-10,15,17H2,(H,26,29)(H,27,31)(H,28,30)/b25-16-. The summed E-state index contributed by atoms with van der Waals surface area (Å²) < 4.78 is 5.54. The molecule has 8 nitrogen and oxygen atoms in total. The van der Waals surface area contributed by atoms with Crippen molar-refractivity contribution < 1.29 is 19.1 Å². The van der Waals surface area contributed by atoms with E-state index in [1.54, 1.807) is 24.3 Å². The number of carbonyl (C=O) groups is 3. The van der Waals surface area contributed by atoms with Gasteiger partial charge in [0.25, 0.3) is 5.91 Å². The lowest BCUT2D eigenvalue weighted by molar-refractivity contribution is -0.130. The smallest absolute Gasteiger partial charge is 0.258 e. The first-order chi connectivity index (χ1) is 15.6. The molecule has 2 saturated carbocycles. The highest BCUT2D eigenvalue weighted by molar-refractivity contribution is 5.97. The maximum Gasteiger partial charge on any atom is 0.258 e. The molecule has 32 heavy (non-hydrogen) atoms. The van der Waals surface area contributed by atoms with Gasteiger partial charge < -0.3 is 15.4 Å². The number of rotatable bonds is 9. The number of hydrogen-bond donors (Lipinski definition) is 3. The average Bonchev–Trinajstić information content (AvgIpc) is 2.80. The molecule has 0 atom stereocenters.